The van der Waals surface area contributed by atoms with Crippen LogP contribution in [0.3, 0.4) is 0 Å². The van der Waals surface area contributed by atoms with E-state index < -0.39 is 15.4 Å². The zero-order valence-corrected chi connectivity index (χ0v) is 11.9. The molecule has 0 spiro atoms. The van der Waals surface area contributed by atoms with Gasteiger partial charge in [-0.3, -0.25) is 4.57 Å². The van der Waals surface area contributed by atoms with Gasteiger partial charge in [0.05, 0.1) is 22.1 Å². The minimum absolute atomic E-state index is 0.0555. The van der Waals surface area contributed by atoms with Crippen LogP contribution in [-0.4, -0.2) is 34.5 Å². The van der Waals surface area contributed by atoms with Gasteiger partial charge in [0.25, 0.3) is 0 Å². The molecule has 2 aromatic rings. The summed E-state index contributed by atoms with van der Waals surface area (Å²) in [6.45, 7) is 1.87. The minimum Gasteiger partial charge on any atom is -0.369 e. The Morgan fingerprint density at radius 3 is 2.89 bits per heavy atom. The number of hydrogen-bond acceptors (Lipinski definition) is 5. The fraction of sp³-hybridized carbons (Fsp3) is 0.455. The highest BCUT2D eigenvalue weighted by molar-refractivity contribution is 7.91. The Kier molecular flexibility index (Phi) is 2.56. The number of nitrogen functional groups attached to an aromatic ring is 1. The van der Waals surface area contributed by atoms with Crippen LogP contribution in [0.2, 0.25) is 5.02 Å². The fourth-order valence-electron chi connectivity index (χ4n) is 2.66. The summed E-state index contributed by atoms with van der Waals surface area (Å²) in [4.78, 5) is 8.44. The molecule has 3 heterocycles. The van der Waals surface area contributed by atoms with Crippen molar-refractivity contribution in [2.24, 2.45) is 0 Å². The molecular formula is C11H13ClN4O2S. The van der Waals surface area contributed by atoms with Crippen molar-refractivity contribution in [2.75, 3.05) is 17.2 Å². The molecule has 2 N–H and O–H groups in total. The number of nitrogens with zero attached hydrogens (tertiary/aromatic N) is 3. The summed E-state index contributed by atoms with van der Waals surface area (Å²) in [6, 6.07) is 1.67. The van der Waals surface area contributed by atoms with Gasteiger partial charge in [-0.05, 0) is 19.4 Å². The number of pyridine rings is 1. The van der Waals surface area contributed by atoms with Gasteiger partial charge in [-0.15, -0.1) is 0 Å². The van der Waals surface area contributed by atoms with Crippen molar-refractivity contribution in [2.45, 2.75) is 18.9 Å². The monoisotopic (exact) mass is 300 g/mol. The van der Waals surface area contributed by atoms with Gasteiger partial charge in [0, 0.05) is 6.20 Å². The fourth-order valence-corrected chi connectivity index (χ4v) is 4.93. The molecule has 6 nitrogen and oxygen atoms in total. The van der Waals surface area contributed by atoms with E-state index in [4.69, 9.17) is 17.3 Å². The van der Waals surface area contributed by atoms with Gasteiger partial charge in [-0.1, -0.05) is 11.6 Å². The van der Waals surface area contributed by atoms with E-state index in [1.54, 1.807) is 10.6 Å². The second kappa shape index (κ2) is 3.83. The first-order valence-corrected chi connectivity index (χ1v) is 8.01. The Balaban J connectivity index is 2.23. The lowest BCUT2D eigenvalue weighted by Crippen LogP contribution is -2.32. The van der Waals surface area contributed by atoms with Crippen LogP contribution in [0.25, 0.3) is 11.2 Å². The smallest absolute Gasteiger partial charge is 0.202 e. The number of nitrogens with two attached hydrogens (primary N) is 1. The normalized spacial score (nSPS) is 26.0. The molecule has 1 unspecified atom stereocenters. The van der Waals surface area contributed by atoms with Gasteiger partial charge in [0.15, 0.2) is 15.5 Å². The van der Waals surface area contributed by atoms with Crippen LogP contribution in [0.1, 0.15) is 13.3 Å². The molecule has 0 radical (unpaired) electrons. The highest BCUT2D eigenvalue weighted by Crippen LogP contribution is 2.35. The average Bonchev–Trinajstić information content (AvgIpc) is 2.75. The average molecular weight is 301 g/mol. The third-order valence-corrected chi connectivity index (χ3v) is 5.61. The zero-order chi connectivity index (χ0) is 13.8. The summed E-state index contributed by atoms with van der Waals surface area (Å²) in [5, 5.41) is 0.473. The van der Waals surface area contributed by atoms with Crippen molar-refractivity contribution in [3.8, 4) is 0 Å². The second-order valence-electron chi connectivity index (χ2n) is 5.14. The molecule has 0 bridgehead atoms. The predicted molar refractivity (Wildman–Crippen MR) is 73.9 cm³/mol. The number of fused-ring (bicyclic) bond motifs is 1. The lowest BCUT2D eigenvalue weighted by atomic mass is 10.0. The first-order valence-electron chi connectivity index (χ1n) is 5.81. The van der Waals surface area contributed by atoms with E-state index in [0.717, 1.165) is 0 Å². The van der Waals surface area contributed by atoms with E-state index >= 15 is 0 Å². The molecule has 1 fully saturated rings. The van der Waals surface area contributed by atoms with Crippen molar-refractivity contribution < 1.29 is 8.42 Å². The zero-order valence-electron chi connectivity index (χ0n) is 10.3. The molecule has 0 aromatic carbocycles. The predicted octanol–water partition coefficient (Wildman–Crippen LogP) is 1.20. The summed E-state index contributed by atoms with van der Waals surface area (Å²) in [5.41, 5.74) is 6.48. The molecule has 1 aliphatic heterocycles. The molecule has 102 valence electrons. The van der Waals surface area contributed by atoms with Gasteiger partial charge in [-0.2, -0.15) is 0 Å². The molecule has 0 saturated carbocycles. The number of rotatable bonds is 1. The summed E-state index contributed by atoms with van der Waals surface area (Å²) in [7, 11) is -3.03. The van der Waals surface area contributed by atoms with Gasteiger partial charge in [-0.25, -0.2) is 18.4 Å². The third-order valence-electron chi connectivity index (χ3n) is 3.51. The summed E-state index contributed by atoms with van der Waals surface area (Å²) in [6.07, 6.45) is 2.02. The number of sulfone groups is 1. The Labute approximate surface area is 115 Å². The second-order valence-corrected chi connectivity index (χ2v) is 7.76. The molecule has 1 aliphatic rings. The highest BCUT2D eigenvalue weighted by Gasteiger charge is 2.42. The van der Waals surface area contributed by atoms with Crippen LogP contribution in [0.15, 0.2) is 12.3 Å². The number of halogens is 1. The molecule has 8 heteroatoms. The maximum atomic E-state index is 11.7. The Morgan fingerprint density at radius 2 is 2.26 bits per heavy atom. The van der Waals surface area contributed by atoms with Crippen molar-refractivity contribution >= 4 is 38.6 Å². The number of aromatic nitrogens is 3. The first kappa shape index (κ1) is 12.7. The summed E-state index contributed by atoms with van der Waals surface area (Å²) < 4.78 is 25.2. The molecule has 1 saturated heterocycles. The van der Waals surface area contributed by atoms with Crippen LogP contribution in [0, 0.1) is 0 Å². The topological polar surface area (TPSA) is 90.9 Å². The van der Waals surface area contributed by atoms with E-state index in [9.17, 15) is 8.42 Å². The third kappa shape index (κ3) is 1.97. The highest BCUT2D eigenvalue weighted by atomic mass is 35.5. The van der Waals surface area contributed by atoms with Crippen LogP contribution >= 0.6 is 11.6 Å². The molecule has 2 aromatic heterocycles. The van der Waals surface area contributed by atoms with Crippen molar-refractivity contribution in [3.63, 3.8) is 0 Å². The Hall–Kier alpha value is -1.34. The molecule has 3 rings (SSSR count). The van der Waals surface area contributed by atoms with Crippen molar-refractivity contribution in [3.05, 3.63) is 17.3 Å². The van der Waals surface area contributed by atoms with Crippen molar-refractivity contribution in [1.29, 1.82) is 0 Å². The molecule has 0 aliphatic carbocycles. The van der Waals surface area contributed by atoms with E-state index in [0.29, 0.717) is 22.6 Å². The van der Waals surface area contributed by atoms with Gasteiger partial charge in [0.1, 0.15) is 5.52 Å². The van der Waals surface area contributed by atoms with E-state index in [1.165, 1.54) is 6.20 Å². The quantitative estimate of drug-likeness (QED) is 0.854. The lowest BCUT2D eigenvalue weighted by molar-refractivity contribution is 0.379. The Morgan fingerprint density at radius 1 is 1.53 bits per heavy atom. The van der Waals surface area contributed by atoms with Crippen LogP contribution in [0.5, 0.6) is 0 Å². The maximum Gasteiger partial charge on any atom is 0.202 e. The van der Waals surface area contributed by atoms with Gasteiger partial charge >= 0.3 is 0 Å². The Bertz CT molecular complexity index is 770. The van der Waals surface area contributed by atoms with Crippen LogP contribution in [0.4, 0.5) is 5.95 Å². The molecular weight excluding hydrogens is 288 g/mol. The van der Waals surface area contributed by atoms with E-state index in [1.807, 2.05) is 6.92 Å². The van der Waals surface area contributed by atoms with Crippen LogP contribution < -0.4 is 5.73 Å². The van der Waals surface area contributed by atoms with Crippen molar-refractivity contribution in [1.82, 2.24) is 14.5 Å². The minimum atomic E-state index is -3.03. The molecule has 0 amide bonds. The number of hydrogen-bond donors (Lipinski definition) is 1. The maximum absolute atomic E-state index is 11.7. The van der Waals surface area contributed by atoms with Gasteiger partial charge in [0.2, 0.25) is 5.95 Å². The van der Waals surface area contributed by atoms with Gasteiger partial charge < -0.3 is 5.73 Å². The van der Waals surface area contributed by atoms with Crippen LogP contribution in [-0.2, 0) is 15.4 Å². The number of anilines is 1. The standard InChI is InChI=1S/C11H13ClN4O2S/c1-11(2-3-19(17,18)6-11)16-9-8(15-10(16)13)4-7(12)5-14-9/h4-5H,2-3,6H2,1H3,(H2,13,15). The SMILES string of the molecule is CC1(n2c(N)nc3cc(Cl)cnc32)CCS(=O)(=O)C1. The molecule has 1 atom stereocenters. The molecule has 19 heavy (non-hydrogen) atoms. The van der Waals surface area contributed by atoms with E-state index in [-0.39, 0.29) is 17.5 Å². The summed E-state index contributed by atoms with van der Waals surface area (Å²) >= 11 is 5.87. The summed E-state index contributed by atoms with van der Waals surface area (Å²) in [5.74, 6) is 0.486. The largest absolute Gasteiger partial charge is 0.369 e. The number of imidazole rings is 1. The van der Waals surface area contributed by atoms with E-state index in [2.05, 4.69) is 9.97 Å². The lowest BCUT2D eigenvalue weighted by Gasteiger charge is -2.25. The first-order chi connectivity index (χ1) is 8.81.